The first-order valence-corrected chi connectivity index (χ1v) is 7.25. The topological polar surface area (TPSA) is 24.9 Å². The monoisotopic (exact) mass is 280 g/mol. The molecule has 0 saturated heterocycles. The summed E-state index contributed by atoms with van der Waals surface area (Å²) in [5.74, 6) is 0. The van der Waals surface area contributed by atoms with Crippen molar-refractivity contribution in [3.05, 3.63) is 50.9 Å². The zero-order valence-corrected chi connectivity index (χ0v) is 12.3. The van der Waals surface area contributed by atoms with Crippen LogP contribution in [-0.4, -0.2) is 4.98 Å². The van der Waals surface area contributed by atoms with Crippen molar-refractivity contribution in [2.75, 3.05) is 0 Å². The Morgan fingerprint density at radius 2 is 2.06 bits per heavy atom. The van der Waals surface area contributed by atoms with Gasteiger partial charge < -0.3 is 5.32 Å². The van der Waals surface area contributed by atoms with Crippen LogP contribution in [0.25, 0.3) is 0 Å². The lowest BCUT2D eigenvalue weighted by Gasteiger charge is -2.20. The van der Waals surface area contributed by atoms with E-state index < -0.39 is 0 Å². The van der Waals surface area contributed by atoms with Gasteiger partial charge in [0.1, 0.15) is 0 Å². The van der Waals surface area contributed by atoms with Crippen LogP contribution in [-0.2, 0) is 0 Å². The second-order valence-electron chi connectivity index (χ2n) is 4.47. The molecule has 2 atom stereocenters. The fraction of sp³-hybridized carbons (Fsp3) is 0.357. The summed E-state index contributed by atoms with van der Waals surface area (Å²) in [7, 11) is 0. The SMILES string of the molecule is Cc1ncsc1C(C)N[C@@H](C)c1cccc(Cl)c1. The summed E-state index contributed by atoms with van der Waals surface area (Å²) < 4.78 is 0. The van der Waals surface area contributed by atoms with Gasteiger partial charge in [0.15, 0.2) is 0 Å². The van der Waals surface area contributed by atoms with Gasteiger partial charge in [-0.15, -0.1) is 11.3 Å². The molecule has 0 bridgehead atoms. The van der Waals surface area contributed by atoms with E-state index in [1.54, 1.807) is 11.3 Å². The summed E-state index contributed by atoms with van der Waals surface area (Å²) in [5, 5.41) is 4.36. The predicted molar refractivity (Wildman–Crippen MR) is 78.3 cm³/mol. The van der Waals surface area contributed by atoms with Gasteiger partial charge in [0.05, 0.1) is 11.2 Å². The Labute approximate surface area is 117 Å². The molecule has 2 rings (SSSR count). The third-order valence-corrected chi connectivity index (χ3v) is 4.37. The molecule has 1 N–H and O–H groups in total. The largest absolute Gasteiger partial charge is 0.303 e. The minimum absolute atomic E-state index is 0.264. The molecule has 0 radical (unpaired) electrons. The molecule has 96 valence electrons. The number of hydrogen-bond acceptors (Lipinski definition) is 3. The normalized spacial score (nSPS) is 14.4. The molecule has 1 aromatic heterocycles. The molecule has 0 aliphatic rings. The fourth-order valence-corrected chi connectivity index (χ4v) is 3.07. The summed E-state index contributed by atoms with van der Waals surface area (Å²) in [6.45, 7) is 6.37. The average Bonchev–Trinajstić information content (AvgIpc) is 2.75. The van der Waals surface area contributed by atoms with Gasteiger partial charge in [-0.25, -0.2) is 4.98 Å². The Hall–Kier alpha value is -0.900. The Kier molecular flexibility index (Phi) is 4.38. The number of aryl methyl sites for hydroxylation is 1. The molecule has 1 heterocycles. The molecule has 2 nitrogen and oxygen atoms in total. The van der Waals surface area contributed by atoms with Crippen LogP contribution in [0.15, 0.2) is 29.8 Å². The van der Waals surface area contributed by atoms with Gasteiger partial charge in [-0.05, 0) is 38.5 Å². The minimum Gasteiger partial charge on any atom is -0.303 e. The standard InChI is InChI=1S/C14H17ClN2S/c1-9(12-5-4-6-13(15)7-12)17-11(3)14-10(2)16-8-18-14/h4-9,11,17H,1-3H3/t9-,11?/m0/s1. The van der Waals surface area contributed by atoms with Crippen molar-refractivity contribution in [3.63, 3.8) is 0 Å². The molecule has 4 heteroatoms. The number of benzene rings is 1. The first-order chi connectivity index (χ1) is 8.58. The fourth-order valence-electron chi connectivity index (χ4n) is 2.05. The average molecular weight is 281 g/mol. The Morgan fingerprint density at radius 3 is 2.67 bits per heavy atom. The van der Waals surface area contributed by atoms with E-state index in [4.69, 9.17) is 11.6 Å². The summed E-state index contributed by atoms with van der Waals surface area (Å²) in [4.78, 5) is 5.58. The number of nitrogens with zero attached hydrogens (tertiary/aromatic N) is 1. The minimum atomic E-state index is 0.264. The Morgan fingerprint density at radius 1 is 1.28 bits per heavy atom. The van der Waals surface area contributed by atoms with Crippen LogP contribution in [0.2, 0.25) is 5.02 Å². The summed E-state index contributed by atoms with van der Waals surface area (Å²) in [5.41, 5.74) is 4.21. The van der Waals surface area contributed by atoms with Gasteiger partial charge in [0.2, 0.25) is 0 Å². The van der Waals surface area contributed by atoms with Crippen molar-refractivity contribution < 1.29 is 0 Å². The molecule has 0 fully saturated rings. The van der Waals surface area contributed by atoms with Crippen LogP contribution in [0, 0.1) is 6.92 Å². The number of hydrogen-bond donors (Lipinski definition) is 1. The van der Waals surface area contributed by atoms with Crippen LogP contribution in [0.3, 0.4) is 0 Å². The lowest BCUT2D eigenvalue weighted by atomic mass is 10.1. The van der Waals surface area contributed by atoms with Gasteiger partial charge in [-0.2, -0.15) is 0 Å². The molecule has 18 heavy (non-hydrogen) atoms. The molecule has 1 unspecified atom stereocenters. The Balaban J connectivity index is 2.08. The highest BCUT2D eigenvalue weighted by molar-refractivity contribution is 7.09. The lowest BCUT2D eigenvalue weighted by molar-refractivity contribution is 0.498. The number of halogens is 1. The van der Waals surface area contributed by atoms with Crippen molar-refractivity contribution in [2.45, 2.75) is 32.9 Å². The highest BCUT2D eigenvalue weighted by atomic mass is 35.5. The zero-order valence-electron chi connectivity index (χ0n) is 10.8. The molecule has 0 saturated carbocycles. The van der Waals surface area contributed by atoms with Crippen LogP contribution in [0.5, 0.6) is 0 Å². The first-order valence-electron chi connectivity index (χ1n) is 5.99. The molecule has 0 amide bonds. The van der Waals surface area contributed by atoms with Crippen molar-refractivity contribution in [1.29, 1.82) is 0 Å². The van der Waals surface area contributed by atoms with Gasteiger partial charge in [-0.3, -0.25) is 0 Å². The number of nitrogens with one attached hydrogen (secondary N) is 1. The number of thiazole rings is 1. The van der Waals surface area contributed by atoms with E-state index in [0.29, 0.717) is 6.04 Å². The van der Waals surface area contributed by atoms with Crippen molar-refractivity contribution in [3.8, 4) is 0 Å². The van der Waals surface area contributed by atoms with E-state index >= 15 is 0 Å². The van der Waals surface area contributed by atoms with E-state index in [9.17, 15) is 0 Å². The maximum Gasteiger partial charge on any atom is 0.0798 e. The van der Waals surface area contributed by atoms with Crippen molar-refractivity contribution in [2.24, 2.45) is 0 Å². The van der Waals surface area contributed by atoms with Crippen LogP contribution < -0.4 is 5.32 Å². The number of rotatable bonds is 4. The smallest absolute Gasteiger partial charge is 0.0798 e. The van der Waals surface area contributed by atoms with Gasteiger partial charge in [0.25, 0.3) is 0 Å². The second-order valence-corrected chi connectivity index (χ2v) is 5.79. The third kappa shape index (κ3) is 3.10. The maximum atomic E-state index is 6.01. The lowest BCUT2D eigenvalue weighted by Crippen LogP contribution is -2.22. The third-order valence-electron chi connectivity index (χ3n) is 3.02. The maximum absolute atomic E-state index is 6.01. The van der Waals surface area contributed by atoms with Crippen LogP contribution in [0.1, 0.15) is 42.1 Å². The molecular weight excluding hydrogens is 264 g/mol. The van der Waals surface area contributed by atoms with E-state index in [-0.39, 0.29) is 6.04 Å². The first kappa shape index (κ1) is 13.5. The van der Waals surface area contributed by atoms with Crippen LogP contribution >= 0.6 is 22.9 Å². The van der Waals surface area contributed by atoms with Gasteiger partial charge in [-0.1, -0.05) is 23.7 Å². The quantitative estimate of drug-likeness (QED) is 0.891. The highest BCUT2D eigenvalue weighted by Gasteiger charge is 2.14. The van der Waals surface area contributed by atoms with Gasteiger partial charge >= 0.3 is 0 Å². The highest BCUT2D eigenvalue weighted by Crippen LogP contribution is 2.25. The molecular formula is C14H17ClN2S. The van der Waals surface area contributed by atoms with E-state index in [1.165, 1.54) is 10.4 Å². The number of aromatic nitrogens is 1. The summed E-state index contributed by atoms with van der Waals surface area (Å²) >= 11 is 7.71. The van der Waals surface area contributed by atoms with Crippen molar-refractivity contribution >= 4 is 22.9 Å². The van der Waals surface area contributed by atoms with E-state index in [0.717, 1.165) is 10.7 Å². The second kappa shape index (κ2) is 5.83. The zero-order chi connectivity index (χ0) is 13.1. The molecule has 0 spiro atoms. The van der Waals surface area contributed by atoms with Gasteiger partial charge in [0, 0.05) is 22.0 Å². The predicted octanol–water partition coefficient (Wildman–Crippen LogP) is 4.52. The molecule has 2 aromatic rings. The molecule has 0 aliphatic carbocycles. The van der Waals surface area contributed by atoms with Crippen LogP contribution in [0.4, 0.5) is 0 Å². The molecule has 0 aliphatic heterocycles. The summed E-state index contributed by atoms with van der Waals surface area (Å²) in [6.07, 6.45) is 0. The Bertz CT molecular complexity index is 524. The van der Waals surface area contributed by atoms with E-state index in [1.807, 2.05) is 30.6 Å². The molecule has 1 aromatic carbocycles. The van der Waals surface area contributed by atoms with E-state index in [2.05, 4.69) is 30.2 Å². The summed E-state index contributed by atoms with van der Waals surface area (Å²) in [6, 6.07) is 8.54. The van der Waals surface area contributed by atoms with Crippen molar-refractivity contribution in [1.82, 2.24) is 10.3 Å².